The number of nitrogens with one attached hydrogen (secondary N) is 2. The highest BCUT2D eigenvalue weighted by Crippen LogP contribution is 2.23. The maximum Gasteiger partial charge on any atom is 0.270 e. The number of ether oxygens (including phenoxy) is 1. The van der Waals surface area contributed by atoms with E-state index < -0.39 is 0 Å². The number of aryl methyl sites for hydroxylation is 1. The van der Waals surface area contributed by atoms with E-state index >= 15 is 0 Å². The highest BCUT2D eigenvalue weighted by atomic mass is 16.5. The van der Waals surface area contributed by atoms with Gasteiger partial charge < -0.3 is 15.4 Å². The first-order chi connectivity index (χ1) is 14.1. The minimum Gasteiger partial charge on any atom is -0.457 e. The van der Waals surface area contributed by atoms with E-state index in [4.69, 9.17) is 4.74 Å². The quantitative estimate of drug-likeness (QED) is 0.489. The Morgan fingerprint density at radius 1 is 0.966 bits per heavy atom. The molecule has 0 aliphatic rings. The van der Waals surface area contributed by atoms with Gasteiger partial charge in [-0.1, -0.05) is 38.0 Å². The summed E-state index contributed by atoms with van der Waals surface area (Å²) in [6, 6.07) is 18.8. The van der Waals surface area contributed by atoms with Crippen molar-refractivity contribution < 1.29 is 9.53 Å². The van der Waals surface area contributed by atoms with Crippen LogP contribution in [0.25, 0.3) is 0 Å². The van der Waals surface area contributed by atoms with Crippen LogP contribution < -0.4 is 15.4 Å². The Bertz CT molecular complexity index is 927. The van der Waals surface area contributed by atoms with Gasteiger partial charge in [0, 0.05) is 17.9 Å². The van der Waals surface area contributed by atoms with Gasteiger partial charge in [-0.15, -0.1) is 0 Å². The Morgan fingerprint density at radius 3 is 2.41 bits per heavy atom. The molecular formula is C23H26N4O2. The topological polar surface area (TPSA) is 76.1 Å². The summed E-state index contributed by atoms with van der Waals surface area (Å²) in [5, 5.41) is 6.06. The first kappa shape index (κ1) is 20.3. The maximum absolute atomic E-state index is 12.3. The first-order valence-electron chi connectivity index (χ1n) is 9.88. The van der Waals surface area contributed by atoms with Crippen LogP contribution in [0.5, 0.6) is 11.5 Å². The number of rotatable bonds is 9. The Kier molecular flexibility index (Phi) is 7.16. The molecule has 29 heavy (non-hydrogen) atoms. The predicted octanol–water partition coefficient (Wildman–Crippen LogP) is 5.24. The summed E-state index contributed by atoms with van der Waals surface area (Å²) in [4.78, 5) is 21.1. The van der Waals surface area contributed by atoms with Crippen LogP contribution in [0.15, 0.2) is 60.7 Å². The Hall–Kier alpha value is -3.41. The summed E-state index contributed by atoms with van der Waals surface area (Å²) in [7, 11) is 0. The molecule has 0 bridgehead atoms. The van der Waals surface area contributed by atoms with E-state index in [2.05, 4.69) is 27.5 Å². The summed E-state index contributed by atoms with van der Waals surface area (Å²) in [6.07, 6.45) is 3.18. The van der Waals surface area contributed by atoms with Crippen LogP contribution in [-0.2, 0) is 0 Å². The van der Waals surface area contributed by atoms with E-state index in [1.807, 2.05) is 61.5 Å². The fraction of sp³-hybridized carbons (Fsp3) is 0.261. The van der Waals surface area contributed by atoms with Crippen molar-refractivity contribution >= 4 is 17.5 Å². The molecule has 0 fully saturated rings. The molecule has 1 aromatic heterocycles. The number of carbonyl (C=O) groups excluding carboxylic acids is 1. The highest BCUT2D eigenvalue weighted by Gasteiger charge is 2.10. The fourth-order valence-electron chi connectivity index (χ4n) is 2.77. The number of hydrogen-bond donors (Lipinski definition) is 2. The van der Waals surface area contributed by atoms with E-state index in [1.54, 1.807) is 6.07 Å². The third-order valence-corrected chi connectivity index (χ3v) is 4.24. The molecule has 0 unspecified atom stereocenters. The molecule has 0 atom stereocenters. The average Bonchev–Trinajstić information content (AvgIpc) is 2.73. The molecule has 0 saturated carbocycles. The zero-order valence-electron chi connectivity index (χ0n) is 16.8. The van der Waals surface area contributed by atoms with Gasteiger partial charge in [-0.25, -0.2) is 9.97 Å². The second-order valence-corrected chi connectivity index (χ2v) is 6.75. The Morgan fingerprint density at radius 2 is 1.69 bits per heavy atom. The minimum atomic E-state index is -0.179. The van der Waals surface area contributed by atoms with Crippen molar-refractivity contribution in [3.05, 3.63) is 72.1 Å². The molecule has 0 spiro atoms. The molecule has 1 heterocycles. The number of carbonyl (C=O) groups is 1. The van der Waals surface area contributed by atoms with Crippen LogP contribution in [0.4, 0.5) is 11.6 Å². The van der Waals surface area contributed by atoms with Crippen LogP contribution in [-0.4, -0.2) is 22.4 Å². The van der Waals surface area contributed by atoms with E-state index in [9.17, 15) is 4.79 Å². The highest BCUT2D eigenvalue weighted by molar-refractivity contribution is 5.92. The summed E-state index contributed by atoms with van der Waals surface area (Å²) < 4.78 is 5.80. The summed E-state index contributed by atoms with van der Waals surface area (Å²) in [5.41, 5.74) is 1.90. The lowest BCUT2D eigenvalue weighted by Gasteiger charge is -2.10. The average molecular weight is 390 g/mol. The molecule has 3 aromatic rings. The Balaban J connectivity index is 1.63. The molecular weight excluding hydrogens is 364 g/mol. The van der Waals surface area contributed by atoms with Crippen LogP contribution >= 0.6 is 0 Å². The van der Waals surface area contributed by atoms with Crippen molar-refractivity contribution in [3.8, 4) is 11.5 Å². The predicted molar refractivity (Wildman–Crippen MR) is 115 cm³/mol. The van der Waals surface area contributed by atoms with Gasteiger partial charge in [-0.3, -0.25) is 4.79 Å². The number of benzene rings is 2. The number of amides is 1. The van der Waals surface area contributed by atoms with Gasteiger partial charge in [-0.2, -0.15) is 0 Å². The van der Waals surface area contributed by atoms with E-state index in [0.29, 0.717) is 18.2 Å². The lowest BCUT2D eigenvalue weighted by atomic mass is 10.2. The van der Waals surface area contributed by atoms with Crippen molar-refractivity contribution in [2.45, 2.75) is 33.1 Å². The monoisotopic (exact) mass is 390 g/mol. The maximum atomic E-state index is 12.3. The molecule has 3 rings (SSSR count). The number of nitrogens with zero attached hydrogens (tertiary/aromatic N) is 2. The van der Waals surface area contributed by atoms with E-state index in [-0.39, 0.29) is 5.91 Å². The molecule has 0 radical (unpaired) electrons. The SMILES string of the molecule is CCCCCNC(=O)c1cc(C)nc(Nc2ccc(Oc3ccccc3)cc2)n1. The standard InChI is InChI=1S/C23H26N4O2/c1-3-4-8-15-24-22(28)21-16-17(2)25-23(27-21)26-18-11-13-20(14-12-18)29-19-9-6-5-7-10-19/h5-7,9-14,16H,3-4,8,15H2,1-2H3,(H,24,28)(H,25,26,27). The minimum absolute atomic E-state index is 0.179. The van der Waals surface area contributed by atoms with Crippen molar-refractivity contribution in [2.75, 3.05) is 11.9 Å². The largest absolute Gasteiger partial charge is 0.457 e. The number of para-hydroxylation sites is 1. The van der Waals surface area contributed by atoms with Gasteiger partial charge in [-0.05, 0) is 55.8 Å². The zero-order valence-corrected chi connectivity index (χ0v) is 16.8. The normalized spacial score (nSPS) is 10.4. The molecule has 150 valence electrons. The van der Waals surface area contributed by atoms with Crippen molar-refractivity contribution in [2.24, 2.45) is 0 Å². The molecule has 0 saturated heterocycles. The van der Waals surface area contributed by atoms with Gasteiger partial charge in [0.25, 0.3) is 5.91 Å². The molecule has 1 amide bonds. The van der Waals surface area contributed by atoms with Gasteiger partial charge in [0.1, 0.15) is 17.2 Å². The number of anilines is 2. The van der Waals surface area contributed by atoms with Crippen molar-refractivity contribution in [1.82, 2.24) is 15.3 Å². The lowest BCUT2D eigenvalue weighted by molar-refractivity contribution is 0.0948. The number of aromatic nitrogens is 2. The molecule has 2 N–H and O–H groups in total. The van der Waals surface area contributed by atoms with Gasteiger partial charge >= 0.3 is 0 Å². The van der Waals surface area contributed by atoms with Crippen LogP contribution in [0.3, 0.4) is 0 Å². The van der Waals surface area contributed by atoms with Gasteiger partial charge in [0.2, 0.25) is 5.95 Å². The third-order valence-electron chi connectivity index (χ3n) is 4.24. The second-order valence-electron chi connectivity index (χ2n) is 6.75. The summed E-state index contributed by atoms with van der Waals surface area (Å²) >= 11 is 0. The summed E-state index contributed by atoms with van der Waals surface area (Å²) in [5.74, 6) is 1.73. The second kappa shape index (κ2) is 10.2. The van der Waals surface area contributed by atoms with Crippen LogP contribution in [0, 0.1) is 6.92 Å². The summed E-state index contributed by atoms with van der Waals surface area (Å²) in [6.45, 7) is 4.63. The van der Waals surface area contributed by atoms with Crippen molar-refractivity contribution in [1.29, 1.82) is 0 Å². The van der Waals surface area contributed by atoms with Crippen molar-refractivity contribution in [3.63, 3.8) is 0 Å². The van der Waals surface area contributed by atoms with E-state index in [0.717, 1.165) is 42.1 Å². The Labute approximate surface area is 171 Å². The van der Waals surface area contributed by atoms with Gasteiger partial charge in [0.05, 0.1) is 0 Å². The molecule has 0 aliphatic carbocycles. The smallest absolute Gasteiger partial charge is 0.270 e. The van der Waals surface area contributed by atoms with Crippen LogP contribution in [0.2, 0.25) is 0 Å². The lowest BCUT2D eigenvalue weighted by Crippen LogP contribution is -2.25. The molecule has 0 aliphatic heterocycles. The molecule has 6 heteroatoms. The molecule has 6 nitrogen and oxygen atoms in total. The number of hydrogen-bond acceptors (Lipinski definition) is 5. The number of unbranched alkanes of at least 4 members (excludes halogenated alkanes) is 2. The van der Waals surface area contributed by atoms with Gasteiger partial charge in [0.15, 0.2) is 0 Å². The third kappa shape index (κ3) is 6.31. The fourth-order valence-corrected chi connectivity index (χ4v) is 2.77. The molecule has 2 aromatic carbocycles. The van der Waals surface area contributed by atoms with Crippen LogP contribution in [0.1, 0.15) is 42.4 Å². The zero-order chi connectivity index (χ0) is 20.5. The first-order valence-corrected chi connectivity index (χ1v) is 9.88. The van der Waals surface area contributed by atoms with E-state index in [1.165, 1.54) is 0 Å².